The fraction of sp³-hybridized carbons (Fsp3) is 0.600. The summed E-state index contributed by atoms with van der Waals surface area (Å²) in [5.41, 5.74) is 8.74. The van der Waals surface area contributed by atoms with E-state index in [0.29, 0.717) is 0 Å². The SMILES string of the molecule is CCC(CC)CC(N)c1ccc(N(C)C)cc1. The van der Waals surface area contributed by atoms with E-state index in [4.69, 9.17) is 5.73 Å². The van der Waals surface area contributed by atoms with E-state index in [1.807, 2.05) is 0 Å². The molecule has 0 spiro atoms. The fourth-order valence-corrected chi connectivity index (χ4v) is 2.14. The van der Waals surface area contributed by atoms with Gasteiger partial charge in [0, 0.05) is 25.8 Å². The lowest BCUT2D eigenvalue weighted by molar-refractivity contribution is 0.414. The average Bonchev–Trinajstić information content (AvgIpc) is 2.35. The second-order valence-electron chi connectivity index (χ2n) is 5.01. The Labute approximate surface area is 106 Å². The smallest absolute Gasteiger partial charge is 0.0361 e. The van der Waals surface area contributed by atoms with Crippen LogP contribution in [-0.2, 0) is 0 Å². The van der Waals surface area contributed by atoms with Crippen molar-refractivity contribution in [2.75, 3.05) is 19.0 Å². The molecule has 2 heteroatoms. The van der Waals surface area contributed by atoms with Crippen LogP contribution in [-0.4, -0.2) is 14.1 Å². The molecule has 2 N–H and O–H groups in total. The van der Waals surface area contributed by atoms with Gasteiger partial charge in [-0.05, 0) is 30.0 Å². The lowest BCUT2D eigenvalue weighted by Crippen LogP contribution is -2.15. The third-order valence-corrected chi connectivity index (χ3v) is 3.58. The van der Waals surface area contributed by atoms with Crippen molar-refractivity contribution in [1.29, 1.82) is 0 Å². The first-order valence-corrected chi connectivity index (χ1v) is 6.61. The van der Waals surface area contributed by atoms with E-state index in [0.717, 1.165) is 12.3 Å². The van der Waals surface area contributed by atoms with Gasteiger partial charge in [0.1, 0.15) is 0 Å². The number of anilines is 1. The summed E-state index contributed by atoms with van der Waals surface area (Å²) in [6, 6.07) is 8.77. The maximum Gasteiger partial charge on any atom is 0.0361 e. The van der Waals surface area contributed by atoms with E-state index in [9.17, 15) is 0 Å². The van der Waals surface area contributed by atoms with Gasteiger partial charge in [-0.3, -0.25) is 0 Å². The summed E-state index contributed by atoms with van der Waals surface area (Å²) >= 11 is 0. The lowest BCUT2D eigenvalue weighted by Gasteiger charge is -2.19. The summed E-state index contributed by atoms with van der Waals surface area (Å²) < 4.78 is 0. The lowest BCUT2D eigenvalue weighted by atomic mass is 9.91. The summed E-state index contributed by atoms with van der Waals surface area (Å²) in [5, 5.41) is 0. The van der Waals surface area contributed by atoms with Crippen molar-refractivity contribution in [2.24, 2.45) is 11.7 Å². The number of benzene rings is 1. The van der Waals surface area contributed by atoms with Crippen molar-refractivity contribution in [3.63, 3.8) is 0 Å². The Kier molecular flexibility index (Phi) is 5.49. The van der Waals surface area contributed by atoms with Crippen molar-refractivity contribution in [2.45, 2.75) is 39.2 Å². The highest BCUT2D eigenvalue weighted by Gasteiger charge is 2.12. The molecule has 1 aromatic carbocycles. The number of nitrogens with zero attached hydrogens (tertiary/aromatic N) is 1. The first kappa shape index (κ1) is 14.0. The number of rotatable bonds is 6. The molecular weight excluding hydrogens is 208 g/mol. The van der Waals surface area contributed by atoms with E-state index in [2.05, 4.69) is 57.1 Å². The predicted octanol–water partition coefficient (Wildman–Crippen LogP) is 3.58. The second-order valence-corrected chi connectivity index (χ2v) is 5.01. The molecule has 0 aliphatic carbocycles. The molecule has 17 heavy (non-hydrogen) atoms. The molecule has 1 atom stereocenters. The van der Waals surface area contributed by atoms with Gasteiger partial charge in [-0.15, -0.1) is 0 Å². The molecule has 2 nitrogen and oxygen atoms in total. The van der Waals surface area contributed by atoms with Gasteiger partial charge in [-0.2, -0.15) is 0 Å². The molecule has 0 amide bonds. The summed E-state index contributed by atoms with van der Waals surface area (Å²) in [4.78, 5) is 2.11. The van der Waals surface area contributed by atoms with Gasteiger partial charge in [-0.25, -0.2) is 0 Å². The largest absolute Gasteiger partial charge is 0.378 e. The van der Waals surface area contributed by atoms with Crippen LogP contribution >= 0.6 is 0 Å². The quantitative estimate of drug-likeness (QED) is 0.815. The third kappa shape index (κ3) is 4.04. The van der Waals surface area contributed by atoms with E-state index < -0.39 is 0 Å². The van der Waals surface area contributed by atoms with E-state index in [1.165, 1.54) is 24.1 Å². The Hall–Kier alpha value is -1.02. The number of hydrogen-bond acceptors (Lipinski definition) is 2. The Morgan fingerprint density at radius 3 is 2.00 bits per heavy atom. The molecule has 0 aliphatic rings. The molecule has 1 unspecified atom stereocenters. The highest BCUT2D eigenvalue weighted by molar-refractivity contribution is 5.46. The molecule has 0 bridgehead atoms. The topological polar surface area (TPSA) is 29.3 Å². The summed E-state index contributed by atoms with van der Waals surface area (Å²) in [5.74, 6) is 0.749. The normalized spacial score (nSPS) is 12.8. The molecule has 1 rings (SSSR count). The number of nitrogens with two attached hydrogens (primary N) is 1. The summed E-state index contributed by atoms with van der Waals surface area (Å²) in [7, 11) is 4.11. The van der Waals surface area contributed by atoms with Crippen molar-refractivity contribution in [3.8, 4) is 0 Å². The van der Waals surface area contributed by atoms with Gasteiger partial charge < -0.3 is 10.6 Å². The minimum absolute atomic E-state index is 0.177. The van der Waals surface area contributed by atoms with Crippen LogP contribution in [0.4, 0.5) is 5.69 Å². The molecule has 0 heterocycles. The Bertz CT molecular complexity index is 312. The monoisotopic (exact) mass is 234 g/mol. The Balaban J connectivity index is 2.66. The van der Waals surface area contributed by atoms with Gasteiger partial charge in [0.2, 0.25) is 0 Å². The standard InChI is InChI=1S/C15H26N2/c1-5-12(6-2)11-15(16)13-7-9-14(10-8-13)17(3)4/h7-10,12,15H,5-6,11,16H2,1-4H3. The fourth-order valence-electron chi connectivity index (χ4n) is 2.14. The highest BCUT2D eigenvalue weighted by Crippen LogP contribution is 2.24. The molecule has 0 aromatic heterocycles. The first-order valence-electron chi connectivity index (χ1n) is 6.61. The molecule has 0 aliphatic heterocycles. The van der Waals surface area contributed by atoms with E-state index in [1.54, 1.807) is 0 Å². The second kappa shape index (κ2) is 6.65. The van der Waals surface area contributed by atoms with Gasteiger partial charge >= 0.3 is 0 Å². The van der Waals surface area contributed by atoms with Crippen LogP contribution in [0.3, 0.4) is 0 Å². The van der Waals surface area contributed by atoms with Crippen LogP contribution in [0.5, 0.6) is 0 Å². The highest BCUT2D eigenvalue weighted by atomic mass is 15.1. The zero-order chi connectivity index (χ0) is 12.8. The minimum atomic E-state index is 0.177. The summed E-state index contributed by atoms with van der Waals surface area (Å²) in [6.07, 6.45) is 3.54. The first-order chi connectivity index (χ1) is 8.08. The average molecular weight is 234 g/mol. The molecule has 0 saturated carbocycles. The molecular formula is C15H26N2. The zero-order valence-electron chi connectivity index (χ0n) is 11.6. The maximum absolute atomic E-state index is 6.26. The maximum atomic E-state index is 6.26. The van der Waals surface area contributed by atoms with Gasteiger partial charge in [0.15, 0.2) is 0 Å². The minimum Gasteiger partial charge on any atom is -0.378 e. The van der Waals surface area contributed by atoms with Crippen LogP contribution in [0.25, 0.3) is 0 Å². The molecule has 0 fully saturated rings. The van der Waals surface area contributed by atoms with Crippen LogP contribution in [0.15, 0.2) is 24.3 Å². The van der Waals surface area contributed by atoms with Gasteiger partial charge in [0.25, 0.3) is 0 Å². The Morgan fingerprint density at radius 1 is 1.06 bits per heavy atom. The molecule has 96 valence electrons. The molecule has 0 radical (unpaired) electrons. The molecule has 1 aromatic rings. The molecule has 0 saturated heterocycles. The van der Waals surface area contributed by atoms with Crippen LogP contribution in [0, 0.1) is 5.92 Å². The predicted molar refractivity (Wildman–Crippen MR) is 76.4 cm³/mol. The third-order valence-electron chi connectivity index (χ3n) is 3.58. The van der Waals surface area contributed by atoms with Crippen LogP contribution in [0.2, 0.25) is 0 Å². The van der Waals surface area contributed by atoms with E-state index in [-0.39, 0.29) is 6.04 Å². The number of hydrogen-bond donors (Lipinski definition) is 1. The van der Waals surface area contributed by atoms with Crippen molar-refractivity contribution in [3.05, 3.63) is 29.8 Å². The zero-order valence-corrected chi connectivity index (χ0v) is 11.6. The Morgan fingerprint density at radius 2 is 1.59 bits per heavy atom. The van der Waals surface area contributed by atoms with Crippen molar-refractivity contribution >= 4 is 5.69 Å². The van der Waals surface area contributed by atoms with Crippen LogP contribution in [0.1, 0.15) is 44.7 Å². The summed E-state index contributed by atoms with van der Waals surface area (Å²) in [6.45, 7) is 4.49. The van der Waals surface area contributed by atoms with Crippen molar-refractivity contribution in [1.82, 2.24) is 0 Å². The van der Waals surface area contributed by atoms with Gasteiger partial charge in [0.05, 0.1) is 0 Å². The van der Waals surface area contributed by atoms with Crippen molar-refractivity contribution < 1.29 is 0 Å². The van der Waals surface area contributed by atoms with E-state index >= 15 is 0 Å². The van der Waals surface area contributed by atoms with Gasteiger partial charge in [-0.1, -0.05) is 38.8 Å². The van der Waals surface area contributed by atoms with Crippen LogP contribution < -0.4 is 10.6 Å².